The number of thioether (sulfide) groups is 1. The molecule has 0 unspecified atom stereocenters. The van der Waals surface area contributed by atoms with Crippen molar-refractivity contribution in [2.24, 2.45) is 0 Å². The van der Waals surface area contributed by atoms with Crippen molar-refractivity contribution in [2.75, 3.05) is 18.8 Å². The Morgan fingerprint density at radius 3 is 2.82 bits per heavy atom. The van der Waals surface area contributed by atoms with E-state index in [4.69, 9.17) is 0 Å². The lowest BCUT2D eigenvalue weighted by Crippen LogP contribution is -2.39. The van der Waals surface area contributed by atoms with Crippen LogP contribution in [0.25, 0.3) is 0 Å². The number of hydrogen-bond acceptors (Lipinski definition) is 5. The molecule has 0 aliphatic carbocycles. The quantitative estimate of drug-likeness (QED) is 0.785. The number of carbonyl (C=O) groups is 2. The van der Waals surface area contributed by atoms with Crippen molar-refractivity contribution in [1.82, 2.24) is 9.88 Å². The fraction of sp³-hybridized carbons (Fsp3) is 0.545. The summed E-state index contributed by atoms with van der Waals surface area (Å²) in [6.45, 7) is 3.10. The van der Waals surface area contributed by atoms with Crippen LogP contribution in [0, 0.1) is 6.92 Å². The van der Waals surface area contributed by atoms with Gasteiger partial charge in [-0.25, -0.2) is 4.98 Å². The lowest BCUT2D eigenvalue weighted by atomic mass is 10.1. The number of piperidine rings is 1. The van der Waals surface area contributed by atoms with Crippen molar-refractivity contribution < 1.29 is 9.59 Å². The van der Waals surface area contributed by atoms with Gasteiger partial charge in [-0.1, -0.05) is 11.8 Å². The summed E-state index contributed by atoms with van der Waals surface area (Å²) < 4.78 is 0.934. The summed E-state index contributed by atoms with van der Waals surface area (Å²) in [5, 5.41) is 1.98. The standard InChI is InChI=1S/C11H14N2O2S2/c1-8-6-16-11(12-8)17-7-10(15)13-4-2-9(14)3-5-13/h6H,2-5,7H2,1H3. The van der Waals surface area contributed by atoms with Crippen molar-refractivity contribution in [3.05, 3.63) is 11.1 Å². The Bertz CT molecular complexity index is 421. The van der Waals surface area contributed by atoms with Crippen LogP contribution < -0.4 is 0 Å². The van der Waals surface area contributed by atoms with Gasteiger partial charge in [-0.15, -0.1) is 11.3 Å². The van der Waals surface area contributed by atoms with E-state index in [0.29, 0.717) is 31.7 Å². The summed E-state index contributed by atoms with van der Waals surface area (Å²) in [6, 6.07) is 0. The van der Waals surface area contributed by atoms with Crippen molar-refractivity contribution in [3.63, 3.8) is 0 Å². The highest BCUT2D eigenvalue weighted by molar-refractivity contribution is 8.01. The Hall–Kier alpha value is -0.880. The predicted molar refractivity (Wildman–Crippen MR) is 68.4 cm³/mol. The Morgan fingerprint density at radius 2 is 2.24 bits per heavy atom. The van der Waals surface area contributed by atoms with Gasteiger partial charge >= 0.3 is 0 Å². The first-order valence-corrected chi connectivity index (χ1v) is 7.36. The van der Waals surface area contributed by atoms with E-state index < -0.39 is 0 Å². The first-order valence-electron chi connectivity index (χ1n) is 5.49. The fourth-order valence-electron chi connectivity index (χ4n) is 1.62. The second kappa shape index (κ2) is 5.64. The molecule has 92 valence electrons. The zero-order chi connectivity index (χ0) is 12.3. The number of hydrogen-bond donors (Lipinski definition) is 0. The predicted octanol–water partition coefficient (Wildman–Crippen LogP) is 1.74. The number of aryl methyl sites for hydroxylation is 1. The number of aromatic nitrogens is 1. The summed E-state index contributed by atoms with van der Waals surface area (Å²) >= 11 is 3.04. The third-order valence-electron chi connectivity index (χ3n) is 2.59. The highest BCUT2D eigenvalue weighted by Gasteiger charge is 2.20. The van der Waals surface area contributed by atoms with Gasteiger partial charge in [-0.2, -0.15) is 0 Å². The van der Waals surface area contributed by atoms with Gasteiger partial charge in [0.05, 0.1) is 5.75 Å². The molecule has 2 heterocycles. The van der Waals surface area contributed by atoms with E-state index in [1.54, 1.807) is 16.2 Å². The van der Waals surface area contributed by atoms with Gasteiger partial charge < -0.3 is 4.90 Å². The average molecular weight is 270 g/mol. The van der Waals surface area contributed by atoms with Crippen LogP contribution >= 0.6 is 23.1 Å². The number of amides is 1. The molecule has 0 saturated carbocycles. The molecule has 1 fully saturated rings. The normalized spacial score (nSPS) is 16.3. The van der Waals surface area contributed by atoms with Crippen LogP contribution in [0.5, 0.6) is 0 Å². The molecular weight excluding hydrogens is 256 g/mol. The first-order chi connectivity index (χ1) is 8.15. The minimum absolute atomic E-state index is 0.107. The molecule has 0 bridgehead atoms. The zero-order valence-electron chi connectivity index (χ0n) is 9.64. The summed E-state index contributed by atoms with van der Waals surface area (Å²) in [6.07, 6.45) is 1.01. The number of ketones is 1. The molecule has 0 N–H and O–H groups in total. The third-order valence-corrected chi connectivity index (χ3v) is 4.71. The van der Waals surface area contributed by atoms with Crippen LogP contribution in [0.4, 0.5) is 0 Å². The largest absolute Gasteiger partial charge is 0.341 e. The molecule has 6 heteroatoms. The lowest BCUT2D eigenvalue weighted by molar-refractivity contribution is -0.132. The number of likely N-dealkylation sites (tertiary alicyclic amines) is 1. The van der Waals surface area contributed by atoms with Crippen molar-refractivity contribution in [1.29, 1.82) is 0 Å². The van der Waals surface area contributed by atoms with E-state index in [2.05, 4.69) is 4.98 Å². The monoisotopic (exact) mass is 270 g/mol. The van der Waals surface area contributed by atoms with Crippen LogP contribution in [0.3, 0.4) is 0 Å². The minimum atomic E-state index is 0.107. The van der Waals surface area contributed by atoms with Gasteiger partial charge in [-0.05, 0) is 6.92 Å². The molecule has 1 aromatic heterocycles. The molecule has 4 nitrogen and oxygen atoms in total. The molecule has 1 aromatic rings. The number of nitrogens with zero attached hydrogens (tertiary/aromatic N) is 2. The maximum atomic E-state index is 11.9. The van der Waals surface area contributed by atoms with Crippen LogP contribution in [0.1, 0.15) is 18.5 Å². The maximum Gasteiger partial charge on any atom is 0.233 e. The first kappa shape index (κ1) is 12.6. The van der Waals surface area contributed by atoms with Crippen molar-refractivity contribution in [2.45, 2.75) is 24.1 Å². The highest BCUT2D eigenvalue weighted by Crippen LogP contribution is 2.22. The van der Waals surface area contributed by atoms with E-state index in [1.165, 1.54) is 11.8 Å². The van der Waals surface area contributed by atoms with E-state index in [1.807, 2.05) is 12.3 Å². The molecule has 1 saturated heterocycles. The lowest BCUT2D eigenvalue weighted by Gasteiger charge is -2.25. The summed E-state index contributed by atoms with van der Waals surface area (Å²) in [5.74, 6) is 0.786. The number of carbonyl (C=O) groups excluding carboxylic acids is 2. The molecule has 1 amide bonds. The van der Waals surface area contributed by atoms with E-state index in [0.717, 1.165) is 10.0 Å². The van der Waals surface area contributed by atoms with Crippen LogP contribution in [0.15, 0.2) is 9.72 Å². The Morgan fingerprint density at radius 1 is 1.53 bits per heavy atom. The Labute approximate surface area is 108 Å². The fourth-order valence-corrected chi connectivity index (χ4v) is 3.37. The SMILES string of the molecule is Cc1csc(SCC(=O)N2CCC(=O)CC2)n1. The molecule has 0 radical (unpaired) electrons. The summed E-state index contributed by atoms with van der Waals surface area (Å²) in [5.41, 5.74) is 0.994. The summed E-state index contributed by atoms with van der Waals surface area (Å²) in [4.78, 5) is 29.0. The molecule has 2 rings (SSSR count). The second-order valence-corrected chi connectivity index (χ2v) is 6.04. The number of rotatable bonds is 3. The van der Waals surface area contributed by atoms with Gasteiger partial charge in [0.15, 0.2) is 4.34 Å². The Balaban J connectivity index is 1.79. The van der Waals surface area contributed by atoms with Crippen LogP contribution in [0.2, 0.25) is 0 Å². The molecule has 1 aliphatic rings. The highest BCUT2D eigenvalue weighted by atomic mass is 32.2. The molecular formula is C11H14N2O2S2. The third kappa shape index (κ3) is 3.54. The van der Waals surface area contributed by atoms with E-state index >= 15 is 0 Å². The van der Waals surface area contributed by atoms with E-state index in [9.17, 15) is 9.59 Å². The van der Waals surface area contributed by atoms with Crippen molar-refractivity contribution >= 4 is 34.8 Å². The van der Waals surface area contributed by atoms with Gasteiger partial charge in [-0.3, -0.25) is 9.59 Å². The average Bonchev–Trinajstić information content (AvgIpc) is 2.73. The minimum Gasteiger partial charge on any atom is -0.341 e. The van der Waals surface area contributed by atoms with Gasteiger partial charge in [0.2, 0.25) is 5.91 Å². The number of Topliss-reactive ketones (excluding diaryl/α,β-unsaturated/α-hetero) is 1. The molecule has 0 spiro atoms. The zero-order valence-corrected chi connectivity index (χ0v) is 11.3. The molecule has 1 aliphatic heterocycles. The second-order valence-electron chi connectivity index (χ2n) is 3.96. The van der Waals surface area contributed by atoms with Crippen molar-refractivity contribution in [3.8, 4) is 0 Å². The number of thiazole rings is 1. The van der Waals surface area contributed by atoms with Crippen LogP contribution in [-0.2, 0) is 9.59 Å². The van der Waals surface area contributed by atoms with Gasteiger partial charge in [0.25, 0.3) is 0 Å². The maximum absolute atomic E-state index is 11.9. The van der Waals surface area contributed by atoms with E-state index in [-0.39, 0.29) is 11.7 Å². The molecule has 0 atom stereocenters. The topological polar surface area (TPSA) is 50.3 Å². The Kier molecular flexibility index (Phi) is 4.17. The van der Waals surface area contributed by atoms with Gasteiger partial charge in [0.1, 0.15) is 5.78 Å². The smallest absolute Gasteiger partial charge is 0.233 e. The van der Waals surface area contributed by atoms with Crippen LogP contribution in [-0.4, -0.2) is 40.4 Å². The summed E-state index contributed by atoms with van der Waals surface area (Å²) in [7, 11) is 0. The molecule has 0 aromatic carbocycles. The molecule has 17 heavy (non-hydrogen) atoms. The van der Waals surface area contributed by atoms with Gasteiger partial charge in [0, 0.05) is 37.0 Å².